The third-order valence-electron chi connectivity index (χ3n) is 5.76. The number of carbonyl (C=O) groups excluding carboxylic acids is 4. The lowest BCUT2D eigenvalue weighted by molar-refractivity contribution is -0.142. The predicted octanol–water partition coefficient (Wildman–Crippen LogP) is -0.456. The van der Waals surface area contributed by atoms with Gasteiger partial charge in [0.15, 0.2) is 0 Å². The number of carboxylic acids is 1. The van der Waals surface area contributed by atoms with Gasteiger partial charge in [0.2, 0.25) is 23.6 Å². The fourth-order valence-corrected chi connectivity index (χ4v) is 4.06. The lowest BCUT2D eigenvalue weighted by atomic mass is 10.0. The monoisotopic (exact) mass is 572 g/mol. The van der Waals surface area contributed by atoms with Gasteiger partial charge in [0.1, 0.15) is 17.8 Å². The molecule has 2 rings (SSSR count). The number of nitrogens with one attached hydrogen (secondary N) is 4. The lowest BCUT2D eigenvalue weighted by Gasteiger charge is -2.22. The number of aliphatic carboxylic acids is 1. The maximum absolute atomic E-state index is 12.9. The first kappa shape index (κ1) is 32.1. The molecule has 0 spiro atoms. The predicted molar refractivity (Wildman–Crippen MR) is 150 cm³/mol. The SMILES string of the molecule is [11CH3]SCCC(NC(=O)C(Cc1ccccc1)NC(=O)CNC(=O)CNC(=O)C(N)Cc1ccc(O)cc1)C(=O)O. The van der Waals surface area contributed by atoms with Crippen LogP contribution in [-0.2, 0) is 36.8 Å². The normalized spacial score (nSPS) is 12.8. The number of nitrogens with two attached hydrogens (primary N) is 1. The maximum Gasteiger partial charge on any atom is 0.326 e. The van der Waals surface area contributed by atoms with Crippen LogP contribution in [0.15, 0.2) is 54.6 Å². The Kier molecular flexibility index (Phi) is 13.5. The van der Waals surface area contributed by atoms with Crippen molar-refractivity contribution in [2.24, 2.45) is 5.73 Å². The van der Waals surface area contributed by atoms with Gasteiger partial charge in [0.25, 0.3) is 0 Å². The van der Waals surface area contributed by atoms with E-state index in [1.54, 1.807) is 42.5 Å². The molecule has 216 valence electrons. The Hall–Kier alpha value is -4.10. The van der Waals surface area contributed by atoms with E-state index in [1.165, 1.54) is 23.9 Å². The van der Waals surface area contributed by atoms with E-state index in [4.69, 9.17) is 5.73 Å². The van der Waals surface area contributed by atoms with E-state index < -0.39 is 60.8 Å². The number of benzene rings is 2. The summed E-state index contributed by atoms with van der Waals surface area (Å²) in [5.41, 5.74) is 7.35. The lowest BCUT2D eigenvalue weighted by Crippen LogP contribution is -2.54. The van der Waals surface area contributed by atoms with Crippen LogP contribution in [-0.4, -0.2) is 83.0 Å². The van der Waals surface area contributed by atoms with E-state index in [1.807, 2.05) is 6.26 Å². The van der Waals surface area contributed by atoms with E-state index in [-0.39, 0.29) is 25.0 Å². The van der Waals surface area contributed by atoms with Crippen LogP contribution in [0, 0.1) is 0 Å². The highest BCUT2D eigenvalue weighted by atomic mass is 32.2. The number of carbonyl (C=O) groups is 5. The summed E-state index contributed by atoms with van der Waals surface area (Å²) in [6, 6.07) is 12.0. The molecule has 8 N–H and O–H groups in total. The average Bonchev–Trinajstić information content (AvgIpc) is 2.93. The van der Waals surface area contributed by atoms with Gasteiger partial charge in [-0.25, -0.2) is 4.79 Å². The third-order valence-corrected chi connectivity index (χ3v) is 6.40. The smallest absolute Gasteiger partial charge is 0.326 e. The molecular weight excluding hydrogens is 537 g/mol. The number of aromatic hydroxyl groups is 1. The molecule has 0 aromatic heterocycles. The molecule has 3 atom stereocenters. The average molecular weight is 573 g/mol. The Morgan fingerprint density at radius 2 is 1.43 bits per heavy atom. The van der Waals surface area contributed by atoms with E-state index in [0.717, 1.165) is 11.1 Å². The summed E-state index contributed by atoms with van der Waals surface area (Å²) >= 11 is 1.45. The van der Waals surface area contributed by atoms with Crippen molar-refractivity contribution in [3.63, 3.8) is 0 Å². The molecule has 0 saturated heterocycles. The van der Waals surface area contributed by atoms with E-state index in [0.29, 0.717) is 5.75 Å². The highest BCUT2D eigenvalue weighted by Crippen LogP contribution is 2.11. The first-order valence-electron chi connectivity index (χ1n) is 12.5. The Balaban J connectivity index is 1.88. The third kappa shape index (κ3) is 11.7. The number of thioether (sulfide) groups is 1. The van der Waals surface area contributed by atoms with E-state index in [2.05, 4.69) is 21.3 Å². The summed E-state index contributed by atoms with van der Waals surface area (Å²) in [5.74, 6) is -3.11. The molecule has 0 aliphatic heterocycles. The number of phenols is 1. The molecule has 12 nitrogen and oxygen atoms in total. The highest BCUT2D eigenvalue weighted by molar-refractivity contribution is 7.98. The summed E-state index contributed by atoms with van der Waals surface area (Å²) in [7, 11) is 0. The summed E-state index contributed by atoms with van der Waals surface area (Å²) in [6.45, 7) is -0.888. The highest BCUT2D eigenvalue weighted by Gasteiger charge is 2.27. The Morgan fingerprint density at radius 3 is 2.05 bits per heavy atom. The molecule has 13 heteroatoms. The Morgan fingerprint density at radius 1 is 0.800 bits per heavy atom. The zero-order valence-corrected chi connectivity index (χ0v) is 22.9. The van der Waals surface area contributed by atoms with Gasteiger partial charge in [-0.1, -0.05) is 42.5 Å². The van der Waals surface area contributed by atoms with E-state index in [9.17, 15) is 34.2 Å². The summed E-state index contributed by atoms with van der Waals surface area (Å²) < 4.78 is 0. The topological polar surface area (TPSA) is 200 Å². The molecule has 40 heavy (non-hydrogen) atoms. The van der Waals surface area contributed by atoms with Crippen LogP contribution in [0.1, 0.15) is 17.5 Å². The van der Waals surface area contributed by atoms with Crippen molar-refractivity contribution >= 4 is 41.4 Å². The molecule has 4 amide bonds. The number of hydrogen-bond acceptors (Lipinski definition) is 8. The summed E-state index contributed by atoms with van der Waals surface area (Å²) in [6.07, 6.45) is 2.34. The molecule has 0 saturated carbocycles. The van der Waals surface area contributed by atoms with Crippen LogP contribution in [0.25, 0.3) is 0 Å². The fourth-order valence-electron chi connectivity index (χ4n) is 3.59. The minimum atomic E-state index is -1.18. The number of phenolic OH excluding ortho intramolecular Hbond substituents is 1. The van der Waals surface area contributed by atoms with Crippen molar-refractivity contribution in [1.29, 1.82) is 0 Å². The quantitative estimate of drug-likeness (QED) is 0.139. The Bertz CT molecular complexity index is 1150. The molecule has 0 bridgehead atoms. The standard InChI is InChI=1S/C27H35N5O7S/c1-40-12-11-21(27(38)39)32-26(37)22(14-17-5-3-2-4-6-17)31-24(35)16-29-23(34)15-30-25(36)20(28)13-18-7-9-19(33)10-8-18/h2-10,20-22,33H,11-16,28H2,1H3,(H,29,34)(H,30,36)(H,31,35)(H,32,37)(H,38,39)/i1-1. The van der Waals surface area contributed by atoms with Crippen molar-refractivity contribution < 1.29 is 34.2 Å². The number of hydrogen-bond donors (Lipinski definition) is 7. The van der Waals surface area contributed by atoms with Gasteiger partial charge in [0, 0.05) is 6.42 Å². The molecular formula is C27H35N5O7S. The first-order valence-corrected chi connectivity index (χ1v) is 13.9. The number of amides is 4. The van der Waals surface area contributed by atoms with Crippen molar-refractivity contribution in [3.8, 4) is 5.75 Å². The van der Waals surface area contributed by atoms with Crippen LogP contribution in [0.5, 0.6) is 5.75 Å². The second-order valence-corrected chi connectivity index (χ2v) is 9.95. The number of rotatable bonds is 16. The van der Waals surface area contributed by atoms with Gasteiger partial charge in [-0.2, -0.15) is 11.8 Å². The van der Waals surface area contributed by atoms with Gasteiger partial charge in [-0.05, 0) is 48.1 Å². The number of carboxylic acid groups (broad SMARTS) is 1. The zero-order valence-electron chi connectivity index (χ0n) is 22.1. The van der Waals surface area contributed by atoms with Crippen LogP contribution in [0.3, 0.4) is 0 Å². The molecule has 2 aromatic rings. The van der Waals surface area contributed by atoms with Crippen molar-refractivity contribution in [2.75, 3.05) is 25.1 Å². The van der Waals surface area contributed by atoms with Gasteiger partial charge in [-0.15, -0.1) is 0 Å². The van der Waals surface area contributed by atoms with Crippen LogP contribution in [0.4, 0.5) is 0 Å². The molecule has 0 aliphatic carbocycles. The molecule has 2 aromatic carbocycles. The summed E-state index contributed by atoms with van der Waals surface area (Å²) in [5, 5.41) is 28.6. The molecule has 0 heterocycles. The fraction of sp³-hybridized carbons (Fsp3) is 0.370. The second kappa shape index (κ2) is 16.8. The van der Waals surface area contributed by atoms with Crippen molar-refractivity contribution in [2.45, 2.75) is 37.4 Å². The van der Waals surface area contributed by atoms with Gasteiger partial charge < -0.3 is 37.2 Å². The molecule has 0 aliphatic rings. The largest absolute Gasteiger partial charge is 0.508 e. The van der Waals surface area contributed by atoms with Crippen molar-refractivity contribution in [3.05, 3.63) is 65.7 Å². The van der Waals surface area contributed by atoms with Crippen LogP contribution in [0.2, 0.25) is 0 Å². The van der Waals surface area contributed by atoms with E-state index >= 15 is 0 Å². The zero-order chi connectivity index (χ0) is 29.5. The van der Waals surface area contributed by atoms with Gasteiger partial charge in [-0.3, -0.25) is 19.2 Å². The summed E-state index contributed by atoms with van der Waals surface area (Å²) in [4.78, 5) is 61.5. The minimum Gasteiger partial charge on any atom is -0.508 e. The van der Waals surface area contributed by atoms with Gasteiger partial charge in [0.05, 0.1) is 19.1 Å². The minimum absolute atomic E-state index is 0.0881. The first-order chi connectivity index (χ1) is 19.1. The Labute approximate surface area is 236 Å². The molecule has 0 fully saturated rings. The van der Waals surface area contributed by atoms with Crippen molar-refractivity contribution in [1.82, 2.24) is 21.3 Å². The van der Waals surface area contributed by atoms with Gasteiger partial charge >= 0.3 is 5.97 Å². The second-order valence-electron chi connectivity index (χ2n) is 8.96. The molecule has 3 unspecified atom stereocenters. The van der Waals surface area contributed by atoms with Crippen LogP contribution >= 0.6 is 11.8 Å². The maximum atomic E-state index is 12.9. The van der Waals surface area contributed by atoms with Crippen LogP contribution < -0.4 is 27.0 Å². The molecule has 0 radical (unpaired) electrons.